The minimum absolute atomic E-state index is 0.0667. The molecule has 10 heteroatoms. The zero-order valence-electron chi connectivity index (χ0n) is 11.3. The lowest BCUT2D eigenvalue weighted by molar-refractivity contribution is 0.452. The molecule has 1 heterocycles. The highest BCUT2D eigenvalue weighted by molar-refractivity contribution is 7.86. The Labute approximate surface area is 124 Å². The zero-order valence-corrected chi connectivity index (χ0v) is 12.1. The van der Waals surface area contributed by atoms with E-state index in [0.717, 1.165) is 6.07 Å². The van der Waals surface area contributed by atoms with Gasteiger partial charge < -0.3 is 10.8 Å². The third kappa shape index (κ3) is 3.30. The van der Waals surface area contributed by atoms with Gasteiger partial charge in [0.05, 0.1) is 11.4 Å². The van der Waals surface area contributed by atoms with Gasteiger partial charge in [-0.25, -0.2) is 0 Å². The van der Waals surface area contributed by atoms with Gasteiger partial charge in [-0.2, -0.15) is 13.5 Å². The lowest BCUT2D eigenvalue weighted by Crippen LogP contribution is -2.03. The molecule has 0 aliphatic carbocycles. The van der Waals surface area contributed by atoms with Crippen LogP contribution in [-0.2, 0) is 10.1 Å². The van der Waals surface area contributed by atoms with Crippen molar-refractivity contribution in [3.05, 3.63) is 40.2 Å². The van der Waals surface area contributed by atoms with Crippen LogP contribution in [0.2, 0.25) is 0 Å². The summed E-state index contributed by atoms with van der Waals surface area (Å²) in [6.07, 6.45) is 0. The maximum absolute atomic E-state index is 11.1. The van der Waals surface area contributed by atoms with Crippen molar-refractivity contribution in [3.63, 3.8) is 0 Å². The van der Waals surface area contributed by atoms with Gasteiger partial charge in [-0.05, 0) is 30.7 Å². The van der Waals surface area contributed by atoms with Gasteiger partial charge >= 0.3 is 0 Å². The molecule has 2 rings (SSSR count). The number of rotatable bonds is 3. The lowest BCUT2D eigenvalue weighted by atomic mass is 10.2. The van der Waals surface area contributed by atoms with E-state index in [-0.39, 0.29) is 17.1 Å². The molecule has 0 radical (unpaired) electrons. The topological polar surface area (TPSA) is 158 Å². The summed E-state index contributed by atoms with van der Waals surface area (Å²) in [5.74, 6) is -0.434. The number of pyridine rings is 1. The van der Waals surface area contributed by atoms with Crippen molar-refractivity contribution in [3.8, 4) is 5.88 Å². The van der Waals surface area contributed by atoms with Crippen molar-refractivity contribution < 1.29 is 18.1 Å². The average Bonchev–Trinajstić information content (AvgIpc) is 2.35. The van der Waals surface area contributed by atoms with Crippen molar-refractivity contribution in [1.82, 2.24) is 4.98 Å². The van der Waals surface area contributed by atoms with Crippen LogP contribution in [0, 0.1) is 6.92 Å². The van der Waals surface area contributed by atoms with Gasteiger partial charge in [0.15, 0.2) is 0 Å². The number of aromatic hydroxyl groups is 1. The molecule has 0 spiro atoms. The number of H-pyrrole nitrogens is 1. The summed E-state index contributed by atoms with van der Waals surface area (Å²) in [5.41, 5.74) is 5.53. The third-order valence-electron chi connectivity index (χ3n) is 2.72. The summed E-state index contributed by atoms with van der Waals surface area (Å²) >= 11 is 0. The van der Waals surface area contributed by atoms with Crippen LogP contribution >= 0.6 is 0 Å². The van der Waals surface area contributed by atoms with Gasteiger partial charge in [-0.15, -0.1) is 5.11 Å². The number of anilines is 1. The number of aryl methyl sites for hydroxylation is 1. The van der Waals surface area contributed by atoms with Crippen molar-refractivity contribution in [2.45, 2.75) is 11.8 Å². The quantitative estimate of drug-likeness (QED) is 0.381. The lowest BCUT2D eigenvalue weighted by Gasteiger charge is -2.03. The average molecular weight is 324 g/mol. The number of benzene rings is 1. The second-order valence-corrected chi connectivity index (χ2v) is 5.80. The molecule has 0 bridgehead atoms. The Hall–Kier alpha value is -2.72. The van der Waals surface area contributed by atoms with Crippen molar-refractivity contribution in [2.75, 3.05) is 5.73 Å². The fraction of sp³-hybridized carbons (Fsp3) is 0.0833. The molecule has 2 aromatic rings. The fourth-order valence-electron chi connectivity index (χ4n) is 1.73. The highest BCUT2D eigenvalue weighted by Crippen LogP contribution is 2.29. The molecule has 0 unspecified atom stereocenters. The molecule has 5 N–H and O–H groups in total. The number of aromatic nitrogens is 1. The van der Waals surface area contributed by atoms with Crippen LogP contribution < -0.4 is 11.3 Å². The van der Waals surface area contributed by atoms with Crippen LogP contribution in [0.25, 0.3) is 0 Å². The first-order chi connectivity index (χ1) is 10.2. The molecule has 116 valence electrons. The second-order valence-electron chi connectivity index (χ2n) is 4.41. The third-order valence-corrected chi connectivity index (χ3v) is 3.65. The predicted molar refractivity (Wildman–Crippen MR) is 78.3 cm³/mol. The van der Waals surface area contributed by atoms with E-state index in [1.54, 1.807) is 6.92 Å². The van der Waals surface area contributed by atoms with Crippen LogP contribution in [-0.4, -0.2) is 23.1 Å². The molecule has 1 aromatic heterocycles. The van der Waals surface area contributed by atoms with Crippen molar-refractivity contribution in [1.29, 1.82) is 0 Å². The minimum Gasteiger partial charge on any atom is -0.493 e. The number of nitrogens with one attached hydrogen (secondary N) is 1. The molecule has 0 aliphatic heterocycles. The van der Waals surface area contributed by atoms with Crippen molar-refractivity contribution in [2.24, 2.45) is 10.2 Å². The summed E-state index contributed by atoms with van der Waals surface area (Å²) in [4.78, 5) is 12.9. The van der Waals surface area contributed by atoms with E-state index in [1.165, 1.54) is 18.2 Å². The van der Waals surface area contributed by atoms with Crippen LogP contribution in [0.5, 0.6) is 5.88 Å². The van der Waals surface area contributed by atoms with E-state index >= 15 is 0 Å². The van der Waals surface area contributed by atoms with E-state index in [1.807, 2.05) is 0 Å². The van der Waals surface area contributed by atoms with E-state index in [9.17, 15) is 18.3 Å². The van der Waals surface area contributed by atoms with E-state index in [2.05, 4.69) is 15.2 Å². The van der Waals surface area contributed by atoms with E-state index in [0.29, 0.717) is 5.56 Å². The van der Waals surface area contributed by atoms with Crippen LogP contribution in [0.3, 0.4) is 0 Å². The number of hydrogen-bond acceptors (Lipinski definition) is 7. The highest BCUT2D eigenvalue weighted by Gasteiger charge is 2.14. The van der Waals surface area contributed by atoms with Gasteiger partial charge in [0.25, 0.3) is 15.7 Å². The molecule has 0 saturated heterocycles. The van der Waals surface area contributed by atoms with Gasteiger partial charge in [0, 0.05) is 6.07 Å². The Morgan fingerprint density at radius 1 is 1.23 bits per heavy atom. The van der Waals surface area contributed by atoms with Gasteiger partial charge in [-0.3, -0.25) is 14.3 Å². The molecule has 0 amide bonds. The summed E-state index contributed by atoms with van der Waals surface area (Å²) in [7, 11) is -4.41. The largest absolute Gasteiger partial charge is 0.493 e. The predicted octanol–water partition coefficient (Wildman–Crippen LogP) is 1.63. The molecule has 1 aromatic carbocycles. The monoisotopic (exact) mass is 324 g/mol. The molecule has 0 aliphatic rings. The fourth-order valence-corrected chi connectivity index (χ4v) is 2.33. The van der Waals surface area contributed by atoms with Crippen LogP contribution in [0.4, 0.5) is 17.1 Å². The first-order valence-corrected chi connectivity index (χ1v) is 7.34. The number of hydrogen-bond donors (Lipinski definition) is 4. The summed E-state index contributed by atoms with van der Waals surface area (Å²) in [5, 5.41) is 17.2. The number of nitrogens with two attached hydrogens (primary N) is 1. The summed E-state index contributed by atoms with van der Waals surface area (Å²) < 4.78 is 31.0. The zero-order chi connectivity index (χ0) is 16.5. The molecule has 0 saturated carbocycles. The molecule has 0 atom stereocenters. The highest BCUT2D eigenvalue weighted by atomic mass is 32.2. The number of azo groups is 1. The van der Waals surface area contributed by atoms with Gasteiger partial charge in [0.1, 0.15) is 10.6 Å². The first kappa shape index (κ1) is 15.7. The summed E-state index contributed by atoms with van der Waals surface area (Å²) in [6.45, 7) is 1.57. The SMILES string of the molecule is Cc1cc(=O)[nH]c(O)c1N=Nc1ccc(S(=O)(=O)O)c(N)c1. The maximum Gasteiger partial charge on any atom is 0.296 e. The summed E-state index contributed by atoms with van der Waals surface area (Å²) in [6, 6.07) is 4.80. The Kier molecular flexibility index (Phi) is 3.97. The van der Waals surface area contributed by atoms with Crippen LogP contribution in [0.1, 0.15) is 5.56 Å². The molecule has 9 nitrogen and oxygen atoms in total. The smallest absolute Gasteiger partial charge is 0.296 e. The minimum atomic E-state index is -4.41. The molecular weight excluding hydrogens is 312 g/mol. The maximum atomic E-state index is 11.1. The van der Waals surface area contributed by atoms with Gasteiger partial charge in [0.2, 0.25) is 5.88 Å². The Morgan fingerprint density at radius 2 is 1.91 bits per heavy atom. The Bertz CT molecular complexity index is 891. The normalized spacial score (nSPS) is 11.9. The number of aromatic amines is 1. The Balaban J connectivity index is 2.40. The number of nitrogens with zero attached hydrogens (tertiary/aromatic N) is 2. The van der Waals surface area contributed by atoms with Crippen LogP contribution in [0.15, 0.2) is 44.2 Å². The van der Waals surface area contributed by atoms with Gasteiger partial charge in [-0.1, -0.05) is 0 Å². The van der Waals surface area contributed by atoms with Crippen molar-refractivity contribution >= 4 is 27.2 Å². The standard InChI is InChI=1S/C12H12N4O5S/c1-6-4-10(17)14-12(18)11(6)16-15-7-2-3-9(8(13)5-7)22(19,20)21/h2-5H,13H2,1H3,(H2,14,17,18)(H,19,20,21). The molecule has 22 heavy (non-hydrogen) atoms. The molecule has 0 fully saturated rings. The number of nitrogen functional groups attached to an aromatic ring is 1. The van der Waals surface area contributed by atoms with E-state index in [4.69, 9.17) is 10.3 Å². The second kappa shape index (κ2) is 5.58. The first-order valence-electron chi connectivity index (χ1n) is 5.90. The Morgan fingerprint density at radius 3 is 2.45 bits per heavy atom. The molecular formula is C12H12N4O5S. The van der Waals surface area contributed by atoms with E-state index < -0.39 is 26.5 Å².